The number of halogens is 1. The first-order valence-corrected chi connectivity index (χ1v) is 9.97. The number of sulfonamides is 1. The molecule has 0 saturated heterocycles. The molecule has 0 amide bonds. The SMILES string of the molecule is Cc1ccccc1N(CC(=O)O[C@H](C)C(=O)c1ccc(F)cc1)S(C)(=O)=O. The zero-order valence-corrected chi connectivity index (χ0v) is 16.0. The molecule has 1 atom stereocenters. The van der Waals surface area contributed by atoms with Gasteiger partial charge in [0.2, 0.25) is 15.8 Å². The Balaban J connectivity index is 2.13. The maximum atomic E-state index is 13.0. The summed E-state index contributed by atoms with van der Waals surface area (Å²) in [6.07, 6.45) is -0.152. The van der Waals surface area contributed by atoms with E-state index in [1.54, 1.807) is 31.2 Å². The number of carbonyl (C=O) groups excluding carboxylic acids is 2. The highest BCUT2D eigenvalue weighted by Gasteiger charge is 2.26. The van der Waals surface area contributed by atoms with Gasteiger partial charge in [0.05, 0.1) is 11.9 Å². The van der Waals surface area contributed by atoms with Crippen LogP contribution in [-0.2, 0) is 19.6 Å². The fourth-order valence-electron chi connectivity index (χ4n) is 2.48. The number of aryl methyl sites for hydroxylation is 1. The van der Waals surface area contributed by atoms with E-state index in [0.29, 0.717) is 11.3 Å². The molecule has 0 N–H and O–H groups in total. The smallest absolute Gasteiger partial charge is 0.327 e. The first kappa shape index (κ1) is 20.6. The maximum absolute atomic E-state index is 13.0. The van der Waals surface area contributed by atoms with Crippen molar-refractivity contribution in [1.29, 1.82) is 0 Å². The van der Waals surface area contributed by atoms with Crippen molar-refractivity contribution in [3.05, 3.63) is 65.5 Å². The van der Waals surface area contributed by atoms with E-state index in [-0.39, 0.29) is 5.56 Å². The van der Waals surface area contributed by atoms with Gasteiger partial charge < -0.3 is 4.74 Å². The molecule has 0 unspecified atom stereocenters. The topological polar surface area (TPSA) is 80.8 Å². The minimum absolute atomic E-state index is 0.190. The molecule has 0 aliphatic carbocycles. The van der Waals surface area contributed by atoms with Crippen LogP contribution in [0, 0.1) is 12.7 Å². The molecule has 8 heteroatoms. The standard InChI is InChI=1S/C19H20FNO5S/c1-13-6-4-5-7-17(13)21(27(3,24)25)12-18(22)26-14(2)19(23)15-8-10-16(20)11-9-15/h4-11,14H,12H2,1-3H3/t14-/m1/s1. The average Bonchev–Trinajstić information content (AvgIpc) is 2.59. The number of hydrogen-bond donors (Lipinski definition) is 0. The van der Waals surface area contributed by atoms with Crippen molar-refractivity contribution in [3.63, 3.8) is 0 Å². The number of ketones is 1. The normalized spacial score (nSPS) is 12.3. The van der Waals surface area contributed by atoms with Crippen LogP contribution in [0.5, 0.6) is 0 Å². The highest BCUT2D eigenvalue weighted by Crippen LogP contribution is 2.22. The van der Waals surface area contributed by atoms with E-state index in [0.717, 1.165) is 22.7 Å². The second-order valence-electron chi connectivity index (χ2n) is 6.06. The van der Waals surface area contributed by atoms with E-state index in [1.165, 1.54) is 19.1 Å². The van der Waals surface area contributed by atoms with Crippen molar-refractivity contribution in [1.82, 2.24) is 0 Å². The van der Waals surface area contributed by atoms with Crippen LogP contribution < -0.4 is 4.31 Å². The fourth-order valence-corrected chi connectivity index (χ4v) is 3.38. The molecule has 0 spiro atoms. The summed E-state index contributed by atoms with van der Waals surface area (Å²) in [4.78, 5) is 24.5. The van der Waals surface area contributed by atoms with Gasteiger partial charge in [-0.3, -0.25) is 13.9 Å². The lowest BCUT2D eigenvalue weighted by Crippen LogP contribution is -2.38. The Labute approximate surface area is 157 Å². The number of carbonyl (C=O) groups is 2. The zero-order valence-electron chi connectivity index (χ0n) is 15.2. The Morgan fingerprint density at radius 3 is 2.26 bits per heavy atom. The first-order valence-electron chi connectivity index (χ1n) is 8.12. The molecule has 6 nitrogen and oxygen atoms in total. The predicted molar refractivity (Wildman–Crippen MR) is 99.7 cm³/mol. The molecule has 0 aliphatic rings. The predicted octanol–water partition coefficient (Wildman–Crippen LogP) is 2.71. The van der Waals surface area contributed by atoms with Crippen molar-refractivity contribution in [2.75, 3.05) is 17.1 Å². The van der Waals surface area contributed by atoms with E-state index in [4.69, 9.17) is 4.74 Å². The number of esters is 1. The van der Waals surface area contributed by atoms with E-state index >= 15 is 0 Å². The quantitative estimate of drug-likeness (QED) is 0.534. The molecule has 0 aliphatic heterocycles. The van der Waals surface area contributed by atoms with Crippen LogP contribution in [0.1, 0.15) is 22.8 Å². The number of anilines is 1. The number of rotatable bonds is 7. The first-order chi connectivity index (χ1) is 12.6. The van der Waals surface area contributed by atoms with Crippen molar-refractivity contribution < 1.29 is 27.1 Å². The van der Waals surface area contributed by atoms with Crippen LogP contribution in [0.4, 0.5) is 10.1 Å². The Hall–Kier alpha value is -2.74. The van der Waals surface area contributed by atoms with Gasteiger partial charge in [-0.25, -0.2) is 12.8 Å². The molecule has 0 saturated carbocycles. The van der Waals surface area contributed by atoms with Crippen molar-refractivity contribution in [2.24, 2.45) is 0 Å². The lowest BCUT2D eigenvalue weighted by Gasteiger charge is -2.24. The van der Waals surface area contributed by atoms with Gasteiger partial charge in [0.25, 0.3) is 0 Å². The third kappa shape index (κ3) is 5.37. The fraction of sp³-hybridized carbons (Fsp3) is 0.263. The van der Waals surface area contributed by atoms with Gasteiger partial charge in [0.1, 0.15) is 12.4 Å². The van der Waals surface area contributed by atoms with Crippen LogP contribution >= 0.6 is 0 Å². The number of para-hydroxylation sites is 1. The molecule has 2 aromatic carbocycles. The van der Waals surface area contributed by atoms with Crippen LogP contribution in [0.3, 0.4) is 0 Å². The summed E-state index contributed by atoms with van der Waals surface area (Å²) in [5.41, 5.74) is 1.22. The molecule has 0 heterocycles. The molecule has 0 radical (unpaired) electrons. The van der Waals surface area contributed by atoms with Gasteiger partial charge in [-0.15, -0.1) is 0 Å². The minimum Gasteiger partial charge on any atom is -0.453 e. The molecular formula is C19H20FNO5S. The summed E-state index contributed by atoms with van der Waals surface area (Å²) < 4.78 is 43.2. The van der Waals surface area contributed by atoms with Crippen molar-refractivity contribution in [3.8, 4) is 0 Å². The Morgan fingerprint density at radius 1 is 1.11 bits per heavy atom. The zero-order chi connectivity index (χ0) is 20.2. The van der Waals surface area contributed by atoms with Crippen LogP contribution in [0.25, 0.3) is 0 Å². The summed E-state index contributed by atoms with van der Waals surface area (Å²) in [5.74, 6) is -1.87. The number of nitrogens with zero attached hydrogens (tertiary/aromatic N) is 1. The highest BCUT2D eigenvalue weighted by molar-refractivity contribution is 7.92. The van der Waals surface area contributed by atoms with Crippen LogP contribution in [0.15, 0.2) is 48.5 Å². The van der Waals surface area contributed by atoms with Crippen LogP contribution in [0.2, 0.25) is 0 Å². The summed E-state index contributed by atoms with van der Waals surface area (Å²) in [5, 5.41) is 0. The minimum atomic E-state index is -3.74. The third-order valence-corrected chi connectivity index (χ3v) is 4.99. The summed E-state index contributed by atoms with van der Waals surface area (Å²) in [6.45, 7) is 2.53. The largest absolute Gasteiger partial charge is 0.453 e. The summed E-state index contributed by atoms with van der Waals surface area (Å²) in [7, 11) is -3.74. The van der Waals surface area contributed by atoms with Gasteiger partial charge in [-0.05, 0) is 49.7 Å². The molecule has 0 aromatic heterocycles. The molecule has 2 aromatic rings. The number of ether oxygens (including phenoxy) is 1. The van der Waals surface area contributed by atoms with Crippen molar-refractivity contribution >= 4 is 27.5 Å². The molecule has 144 valence electrons. The molecule has 2 rings (SSSR count). The second kappa shape index (κ2) is 8.30. The van der Waals surface area contributed by atoms with Gasteiger partial charge in [0.15, 0.2) is 6.10 Å². The van der Waals surface area contributed by atoms with E-state index in [2.05, 4.69) is 0 Å². The van der Waals surface area contributed by atoms with Crippen molar-refractivity contribution in [2.45, 2.75) is 20.0 Å². The average molecular weight is 393 g/mol. The number of benzene rings is 2. The highest BCUT2D eigenvalue weighted by atomic mass is 32.2. The van der Waals surface area contributed by atoms with Gasteiger partial charge in [-0.2, -0.15) is 0 Å². The van der Waals surface area contributed by atoms with Gasteiger partial charge in [0, 0.05) is 5.56 Å². The summed E-state index contributed by atoms with van der Waals surface area (Å²) >= 11 is 0. The Bertz CT molecular complexity index is 941. The van der Waals surface area contributed by atoms with E-state index in [1.807, 2.05) is 0 Å². The van der Waals surface area contributed by atoms with Crippen LogP contribution in [-0.4, -0.2) is 39.1 Å². The summed E-state index contributed by atoms with van der Waals surface area (Å²) in [6, 6.07) is 11.6. The Kier molecular flexibility index (Phi) is 6.32. The number of Topliss-reactive ketones (excluding diaryl/α,β-unsaturated/α-hetero) is 1. The Morgan fingerprint density at radius 2 is 1.70 bits per heavy atom. The monoisotopic (exact) mass is 393 g/mol. The van der Waals surface area contributed by atoms with Gasteiger partial charge in [-0.1, -0.05) is 18.2 Å². The number of hydrogen-bond acceptors (Lipinski definition) is 5. The lowest BCUT2D eigenvalue weighted by atomic mass is 10.1. The lowest BCUT2D eigenvalue weighted by molar-refractivity contribution is -0.144. The van der Waals surface area contributed by atoms with E-state index < -0.39 is 40.2 Å². The molecule has 27 heavy (non-hydrogen) atoms. The van der Waals surface area contributed by atoms with Gasteiger partial charge >= 0.3 is 5.97 Å². The second-order valence-corrected chi connectivity index (χ2v) is 7.97. The molecular weight excluding hydrogens is 373 g/mol. The van der Waals surface area contributed by atoms with E-state index in [9.17, 15) is 22.4 Å². The molecule has 0 fully saturated rings. The third-order valence-electron chi connectivity index (χ3n) is 3.86. The maximum Gasteiger partial charge on any atom is 0.327 e. The molecule has 0 bridgehead atoms.